The maximum Gasteiger partial charge on any atom is 0.264 e. The fraction of sp³-hybridized carbons (Fsp3) is 0.389. The summed E-state index contributed by atoms with van der Waals surface area (Å²) in [5.41, 5.74) is 0. The third-order valence-electron chi connectivity index (χ3n) is 3.90. The Morgan fingerprint density at radius 2 is 1.68 bits per heavy atom. The molecule has 0 N–H and O–H groups in total. The Balaban J connectivity index is 2.56. The third kappa shape index (κ3) is 3.50. The van der Waals surface area contributed by atoms with Crippen molar-refractivity contribution in [2.24, 2.45) is 0 Å². The van der Waals surface area contributed by atoms with Crippen molar-refractivity contribution >= 4 is 41.4 Å². The minimum absolute atomic E-state index is 0.570. The molecule has 0 aliphatic rings. The number of nitrogens with zero attached hydrogens (tertiary/aromatic N) is 1. The molecule has 0 aliphatic heterocycles. The summed E-state index contributed by atoms with van der Waals surface area (Å²) in [6, 6.07) is 12.8. The normalized spacial score (nSPS) is 11.5. The highest BCUT2D eigenvalue weighted by Crippen LogP contribution is 2.27. The molecule has 0 bridgehead atoms. The number of fused-ring (bicyclic) bond motifs is 1. The summed E-state index contributed by atoms with van der Waals surface area (Å²) in [5, 5.41) is 4.24. The van der Waals surface area contributed by atoms with Gasteiger partial charge in [-0.05, 0) is 36.6 Å². The minimum Gasteiger partial charge on any atom is -0.431 e. The van der Waals surface area contributed by atoms with Crippen LogP contribution in [0, 0.1) is 0 Å². The van der Waals surface area contributed by atoms with E-state index in [0.717, 1.165) is 24.2 Å². The van der Waals surface area contributed by atoms with Crippen LogP contribution in [0.3, 0.4) is 0 Å². The summed E-state index contributed by atoms with van der Waals surface area (Å²) in [6.07, 6.45) is 0. The summed E-state index contributed by atoms with van der Waals surface area (Å²) < 4.78 is 6.22. The maximum absolute atomic E-state index is 6.22. The second-order valence-electron chi connectivity index (χ2n) is 6.45. The first kappa shape index (κ1) is 17.0. The lowest BCUT2D eigenvalue weighted by Gasteiger charge is -2.26. The Kier molecular flexibility index (Phi) is 5.24. The number of hydrogen-bond donors (Lipinski definition) is 0. The van der Waals surface area contributed by atoms with Crippen molar-refractivity contribution in [3.63, 3.8) is 0 Å². The first-order chi connectivity index (χ1) is 10.4. The van der Waals surface area contributed by atoms with Crippen molar-refractivity contribution in [1.29, 1.82) is 0 Å². The van der Waals surface area contributed by atoms with E-state index in [-0.39, 0.29) is 0 Å². The maximum atomic E-state index is 6.22. The van der Waals surface area contributed by atoms with Crippen LogP contribution in [-0.2, 0) is 0 Å². The standard InChI is InChI=1S/C18H25NOSSi/c1-6-19(7-2)18(21)20-17-15-11-9-8-10-14(15)12-13-16(17)22(3,4)5/h8-13H,6-7H2,1-5H3. The summed E-state index contributed by atoms with van der Waals surface area (Å²) in [5.74, 6) is 0.953. The van der Waals surface area contributed by atoms with Crippen LogP contribution >= 0.6 is 12.2 Å². The van der Waals surface area contributed by atoms with Gasteiger partial charge in [0.1, 0.15) is 5.75 Å². The summed E-state index contributed by atoms with van der Waals surface area (Å²) >= 11 is 5.52. The zero-order chi connectivity index (χ0) is 16.3. The topological polar surface area (TPSA) is 12.5 Å². The van der Waals surface area contributed by atoms with E-state index in [9.17, 15) is 0 Å². The predicted octanol–water partition coefficient (Wildman–Crippen LogP) is 4.39. The minimum atomic E-state index is -1.52. The van der Waals surface area contributed by atoms with Crippen molar-refractivity contribution < 1.29 is 4.74 Å². The SMILES string of the molecule is CCN(CC)C(=S)Oc1c([Si](C)(C)C)ccc2ccccc12. The van der Waals surface area contributed by atoms with Gasteiger partial charge in [-0.25, -0.2) is 0 Å². The van der Waals surface area contributed by atoms with Crippen molar-refractivity contribution in [1.82, 2.24) is 4.90 Å². The van der Waals surface area contributed by atoms with E-state index in [2.05, 4.69) is 74.8 Å². The van der Waals surface area contributed by atoms with Gasteiger partial charge in [-0.1, -0.05) is 56.0 Å². The zero-order valence-electron chi connectivity index (χ0n) is 14.1. The van der Waals surface area contributed by atoms with Crippen LogP contribution in [0.1, 0.15) is 13.8 Å². The Bertz CT molecular complexity index is 674. The van der Waals surface area contributed by atoms with Crippen molar-refractivity contribution in [3.05, 3.63) is 36.4 Å². The number of rotatable bonds is 4. The number of thiocarbonyl (C=S) groups is 1. The molecule has 0 amide bonds. The third-order valence-corrected chi connectivity index (χ3v) is 6.25. The highest BCUT2D eigenvalue weighted by molar-refractivity contribution is 7.80. The van der Waals surface area contributed by atoms with Crippen LogP contribution in [0.2, 0.25) is 19.6 Å². The van der Waals surface area contributed by atoms with Crippen molar-refractivity contribution in [3.8, 4) is 5.75 Å². The second kappa shape index (κ2) is 6.80. The molecule has 0 unspecified atom stereocenters. The van der Waals surface area contributed by atoms with Crippen LogP contribution in [-0.4, -0.2) is 31.2 Å². The smallest absolute Gasteiger partial charge is 0.264 e. The second-order valence-corrected chi connectivity index (χ2v) is 11.8. The zero-order valence-corrected chi connectivity index (χ0v) is 16.0. The highest BCUT2D eigenvalue weighted by atomic mass is 32.1. The molecule has 0 atom stereocenters. The van der Waals surface area contributed by atoms with E-state index in [1.54, 1.807) is 0 Å². The molecule has 0 saturated heterocycles. The Morgan fingerprint density at radius 1 is 1.05 bits per heavy atom. The van der Waals surface area contributed by atoms with Gasteiger partial charge in [0, 0.05) is 18.5 Å². The number of benzene rings is 2. The summed E-state index contributed by atoms with van der Waals surface area (Å²) in [7, 11) is -1.52. The van der Waals surface area contributed by atoms with Crippen molar-refractivity contribution in [2.75, 3.05) is 13.1 Å². The molecule has 2 rings (SSSR count). The number of ether oxygens (including phenoxy) is 1. The lowest BCUT2D eigenvalue weighted by Crippen LogP contribution is -2.41. The van der Waals surface area contributed by atoms with Gasteiger partial charge in [-0.3, -0.25) is 0 Å². The molecular weight excluding hydrogens is 306 g/mol. The van der Waals surface area contributed by atoms with E-state index >= 15 is 0 Å². The van der Waals surface area contributed by atoms with Gasteiger partial charge in [-0.15, -0.1) is 0 Å². The van der Waals surface area contributed by atoms with Gasteiger partial charge in [0.2, 0.25) is 0 Å². The van der Waals surface area contributed by atoms with Crippen LogP contribution < -0.4 is 9.92 Å². The first-order valence-electron chi connectivity index (χ1n) is 7.87. The molecule has 2 aromatic rings. The van der Waals surface area contributed by atoms with Gasteiger partial charge in [0.15, 0.2) is 0 Å². The van der Waals surface area contributed by atoms with Gasteiger partial charge in [-0.2, -0.15) is 0 Å². The largest absolute Gasteiger partial charge is 0.431 e. The number of hydrogen-bond acceptors (Lipinski definition) is 2. The highest BCUT2D eigenvalue weighted by Gasteiger charge is 2.24. The van der Waals surface area contributed by atoms with Crippen LogP contribution in [0.4, 0.5) is 0 Å². The fourth-order valence-corrected chi connectivity index (χ4v) is 4.37. The monoisotopic (exact) mass is 331 g/mol. The molecule has 2 nitrogen and oxygen atoms in total. The van der Waals surface area contributed by atoms with Crippen LogP contribution in [0.25, 0.3) is 10.8 Å². The Labute approximate surface area is 140 Å². The lowest BCUT2D eigenvalue weighted by atomic mass is 10.1. The first-order valence-corrected chi connectivity index (χ1v) is 11.8. The van der Waals surface area contributed by atoms with E-state index in [0.29, 0.717) is 5.17 Å². The van der Waals surface area contributed by atoms with E-state index in [1.165, 1.54) is 10.6 Å². The molecule has 0 radical (unpaired) electrons. The molecule has 0 fully saturated rings. The average molecular weight is 332 g/mol. The molecule has 118 valence electrons. The Morgan fingerprint density at radius 3 is 2.27 bits per heavy atom. The molecule has 22 heavy (non-hydrogen) atoms. The molecule has 0 aromatic heterocycles. The Hall–Kier alpha value is -1.39. The van der Waals surface area contributed by atoms with Crippen LogP contribution in [0.5, 0.6) is 5.75 Å². The molecular formula is C18H25NOSSi. The van der Waals surface area contributed by atoms with Gasteiger partial charge in [0.25, 0.3) is 5.17 Å². The molecule has 0 saturated carbocycles. The van der Waals surface area contributed by atoms with Gasteiger partial charge >= 0.3 is 0 Å². The lowest BCUT2D eigenvalue weighted by molar-refractivity contribution is 0.381. The molecule has 4 heteroatoms. The van der Waals surface area contributed by atoms with Gasteiger partial charge < -0.3 is 9.64 Å². The predicted molar refractivity (Wildman–Crippen MR) is 103 cm³/mol. The molecule has 0 heterocycles. The van der Waals surface area contributed by atoms with Gasteiger partial charge in [0.05, 0.1) is 8.07 Å². The summed E-state index contributed by atoms with van der Waals surface area (Å²) in [6.45, 7) is 12.9. The fourth-order valence-electron chi connectivity index (χ4n) is 2.58. The van der Waals surface area contributed by atoms with Crippen LogP contribution in [0.15, 0.2) is 36.4 Å². The summed E-state index contributed by atoms with van der Waals surface area (Å²) in [4.78, 5) is 2.07. The molecule has 2 aromatic carbocycles. The quantitative estimate of drug-likeness (QED) is 0.609. The molecule has 0 aliphatic carbocycles. The van der Waals surface area contributed by atoms with E-state index < -0.39 is 8.07 Å². The van der Waals surface area contributed by atoms with E-state index in [4.69, 9.17) is 17.0 Å². The average Bonchev–Trinajstić information content (AvgIpc) is 2.47. The van der Waals surface area contributed by atoms with E-state index in [1.807, 2.05) is 0 Å². The molecule has 0 spiro atoms. The van der Waals surface area contributed by atoms with Crippen molar-refractivity contribution in [2.45, 2.75) is 33.5 Å².